The number of aromatic nitrogens is 1. The minimum absolute atomic E-state index is 0.330. The summed E-state index contributed by atoms with van der Waals surface area (Å²) < 4.78 is 4.68. The molecule has 0 aliphatic carbocycles. The Morgan fingerprint density at radius 1 is 1.67 bits per heavy atom. The van der Waals surface area contributed by atoms with Crippen molar-refractivity contribution in [1.29, 1.82) is 0 Å². The molecule has 82 valence electrons. The fourth-order valence-electron chi connectivity index (χ4n) is 1.28. The molecule has 1 heterocycles. The zero-order chi connectivity index (χ0) is 11.3. The summed E-state index contributed by atoms with van der Waals surface area (Å²) in [5.41, 5.74) is 6.27. The van der Waals surface area contributed by atoms with Gasteiger partial charge in [-0.3, -0.25) is 4.90 Å². The van der Waals surface area contributed by atoms with Crippen LogP contribution in [0.1, 0.15) is 13.3 Å². The normalized spacial score (nSPS) is 9.73. The Morgan fingerprint density at radius 2 is 2.40 bits per heavy atom. The van der Waals surface area contributed by atoms with Crippen LogP contribution in [0.4, 0.5) is 16.3 Å². The zero-order valence-corrected chi connectivity index (χ0v) is 8.93. The van der Waals surface area contributed by atoms with Gasteiger partial charge < -0.3 is 10.5 Å². The van der Waals surface area contributed by atoms with Crippen LogP contribution in [-0.2, 0) is 4.74 Å². The van der Waals surface area contributed by atoms with Crippen molar-refractivity contribution >= 4 is 17.6 Å². The highest BCUT2D eigenvalue weighted by Gasteiger charge is 2.17. The fraction of sp³-hybridized carbons (Fsp3) is 0.400. The number of nitrogens with two attached hydrogens (primary N) is 1. The SMILES string of the molecule is CCCN(C(=O)OC)c1cccnc1N. The maximum Gasteiger partial charge on any atom is 0.414 e. The number of rotatable bonds is 3. The predicted molar refractivity (Wildman–Crippen MR) is 58.7 cm³/mol. The lowest BCUT2D eigenvalue weighted by Crippen LogP contribution is -2.32. The number of hydrogen-bond donors (Lipinski definition) is 1. The number of anilines is 2. The van der Waals surface area contributed by atoms with Crippen molar-refractivity contribution in [3.05, 3.63) is 18.3 Å². The topological polar surface area (TPSA) is 68.5 Å². The van der Waals surface area contributed by atoms with Crippen molar-refractivity contribution in [3.63, 3.8) is 0 Å². The van der Waals surface area contributed by atoms with Gasteiger partial charge in [0.25, 0.3) is 0 Å². The van der Waals surface area contributed by atoms with E-state index in [2.05, 4.69) is 9.72 Å². The minimum atomic E-state index is -0.420. The van der Waals surface area contributed by atoms with Crippen LogP contribution in [0.5, 0.6) is 0 Å². The molecule has 1 aromatic rings. The van der Waals surface area contributed by atoms with Gasteiger partial charge in [0.1, 0.15) is 5.82 Å². The summed E-state index contributed by atoms with van der Waals surface area (Å²) in [5.74, 6) is 0.330. The molecule has 0 radical (unpaired) electrons. The predicted octanol–water partition coefficient (Wildman–Crippen LogP) is 1.65. The number of carbonyl (C=O) groups excluding carboxylic acids is 1. The molecule has 1 aromatic heterocycles. The van der Waals surface area contributed by atoms with E-state index in [-0.39, 0.29) is 0 Å². The molecule has 5 heteroatoms. The van der Waals surface area contributed by atoms with Gasteiger partial charge in [0.2, 0.25) is 0 Å². The van der Waals surface area contributed by atoms with Crippen LogP contribution < -0.4 is 10.6 Å². The van der Waals surface area contributed by atoms with Crippen LogP contribution in [0.15, 0.2) is 18.3 Å². The maximum absolute atomic E-state index is 11.5. The largest absolute Gasteiger partial charge is 0.452 e. The molecule has 0 bridgehead atoms. The minimum Gasteiger partial charge on any atom is -0.452 e. The zero-order valence-electron chi connectivity index (χ0n) is 8.93. The molecule has 2 N–H and O–H groups in total. The van der Waals surface area contributed by atoms with E-state index >= 15 is 0 Å². The van der Waals surface area contributed by atoms with E-state index in [9.17, 15) is 4.79 Å². The molecule has 1 rings (SSSR count). The first-order chi connectivity index (χ1) is 7.20. The standard InChI is InChI=1S/C10H15N3O2/c1-3-7-13(10(14)15-2)8-5-4-6-12-9(8)11/h4-6H,3,7H2,1-2H3,(H2,11,12). The third-order valence-electron chi connectivity index (χ3n) is 1.95. The molecule has 0 saturated heterocycles. The maximum atomic E-state index is 11.5. The second kappa shape index (κ2) is 5.19. The summed E-state index contributed by atoms with van der Waals surface area (Å²) in [6.45, 7) is 2.53. The fourth-order valence-corrected chi connectivity index (χ4v) is 1.28. The summed E-state index contributed by atoms with van der Waals surface area (Å²) >= 11 is 0. The third-order valence-corrected chi connectivity index (χ3v) is 1.95. The van der Waals surface area contributed by atoms with Crippen LogP contribution in [0.25, 0.3) is 0 Å². The van der Waals surface area contributed by atoms with E-state index in [1.54, 1.807) is 18.3 Å². The van der Waals surface area contributed by atoms with Crippen LogP contribution in [0, 0.1) is 0 Å². The molecule has 0 unspecified atom stereocenters. The van der Waals surface area contributed by atoms with Gasteiger partial charge in [-0.2, -0.15) is 0 Å². The Labute approximate surface area is 88.9 Å². The first kappa shape index (κ1) is 11.3. The van der Waals surface area contributed by atoms with Crippen molar-refractivity contribution in [1.82, 2.24) is 4.98 Å². The Morgan fingerprint density at radius 3 is 2.93 bits per heavy atom. The molecule has 0 aliphatic rings. The lowest BCUT2D eigenvalue weighted by Gasteiger charge is -2.21. The van der Waals surface area contributed by atoms with Gasteiger partial charge in [-0.25, -0.2) is 9.78 Å². The molecule has 5 nitrogen and oxygen atoms in total. The quantitative estimate of drug-likeness (QED) is 0.821. The molecule has 15 heavy (non-hydrogen) atoms. The van der Waals surface area contributed by atoms with Crippen molar-refractivity contribution in [2.75, 3.05) is 24.3 Å². The van der Waals surface area contributed by atoms with Crippen molar-refractivity contribution in [3.8, 4) is 0 Å². The number of nitrogens with zero attached hydrogens (tertiary/aromatic N) is 2. The molecular weight excluding hydrogens is 194 g/mol. The monoisotopic (exact) mass is 209 g/mol. The number of carbonyl (C=O) groups is 1. The molecule has 0 spiro atoms. The van der Waals surface area contributed by atoms with E-state index in [1.807, 2.05) is 6.92 Å². The van der Waals surface area contributed by atoms with Gasteiger partial charge in [0, 0.05) is 12.7 Å². The molecule has 0 atom stereocenters. The van der Waals surface area contributed by atoms with E-state index in [4.69, 9.17) is 5.73 Å². The van der Waals surface area contributed by atoms with Gasteiger partial charge >= 0.3 is 6.09 Å². The second-order valence-electron chi connectivity index (χ2n) is 3.03. The summed E-state index contributed by atoms with van der Waals surface area (Å²) in [6.07, 6.45) is 1.99. The van der Waals surface area contributed by atoms with Gasteiger partial charge in [0.15, 0.2) is 0 Å². The lowest BCUT2D eigenvalue weighted by molar-refractivity contribution is 0.178. The van der Waals surface area contributed by atoms with Gasteiger partial charge in [-0.15, -0.1) is 0 Å². The summed E-state index contributed by atoms with van der Waals surface area (Å²) in [6, 6.07) is 3.48. The summed E-state index contributed by atoms with van der Waals surface area (Å²) in [5, 5.41) is 0. The third kappa shape index (κ3) is 2.59. The highest BCUT2D eigenvalue weighted by atomic mass is 16.5. The Kier molecular flexibility index (Phi) is 3.91. The average molecular weight is 209 g/mol. The number of nitrogen functional groups attached to an aromatic ring is 1. The molecule has 1 amide bonds. The van der Waals surface area contributed by atoms with E-state index in [0.29, 0.717) is 18.1 Å². The molecule has 0 aromatic carbocycles. The number of hydrogen-bond acceptors (Lipinski definition) is 4. The number of pyridine rings is 1. The first-order valence-electron chi connectivity index (χ1n) is 4.76. The van der Waals surface area contributed by atoms with E-state index < -0.39 is 6.09 Å². The smallest absolute Gasteiger partial charge is 0.414 e. The van der Waals surface area contributed by atoms with Crippen molar-refractivity contribution < 1.29 is 9.53 Å². The van der Waals surface area contributed by atoms with Gasteiger partial charge in [0.05, 0.1) is 12.8 Å². The molecule has 0 aliphatic heterocycles. The lowest BCUT2D eigenvalue weighted by atomic mass is 10.3. The van der Waals surface area contributed by atoms with Crippen LogP contribution in [0.2, 0.25) is 0 Å². The highest BCUT2D eigenvalue weighted by Crippen LogP contribution is 2.20. The Bertz CT molecular complexity index is 341. The molecular formula is C10H15N3O2. The number of ether oxygens (including phenoxy) is 1. The summed E-state index contributed by atoms with van der Waals surface area (Å²) in [4.78, 5) is 16.9. The van der Waals surface area contributed by atoms with Crippen molar-refractivity contribution in [2.24, 2.45) is 0 Å². The van der Waals surface area contributed by atoms with E-state index in [1.165, 1.54) is 12.0 Å². The van der Waals surface area contributed by atoms with Gasteiger partial charge in [-0.05, 0) is 18.6 Å². The molecule has 0 fully saturated rings. The summed E-state index contributed by atoms with van der Waals surface area (Å²) in [7, 11) is 1.34. The second-order valence-corrected chi connectivity index (χ2v) is 3.03. The Balaban J connectivity index is 2.98. The van der Waals surface area contributed by atoms with Crippen molar-refractivity contribution in [2.45, 2.75) is 13.3 Å². The number of amides is 1. The molecule has 0 saturated carbocycles. The van der Waals surface area contributed by atoms with Crippen LogP contribution in [-0.4, -0.2) is 24.7 Å². The number of methoxy groups -OCH3 is 1. The van der Waals surface area contributed by atoms with Crippen LogP contribution in [0.3, 0.4) is 0 Å². The first-order valence-corrected chi connectivity index (χ1v) is 4.76. The Hall–Kier alpha value is -1.78. The van der Waals surface area contributed by atoms with E-state index in [0.717, 1.165) is 6.42 Å². The highest BCUT2D eigenvalue weighted by molar-refractivity contribution is 5.90. The average Bonchev–Trinajstić information content (AvgIpc) is 2.26. The van der Waals surface area contributed by atoms with Gasteiger partial charge in [-0.1, -0.05) is 6.92 Å². The van der Waals surface area contributed by atoms with Crippen LogP contribution >= 0.6 is 0 Å².